The van der Waals surface area contributed by atoms with Gasteiger partial charge < -0.3 is 10.2 Å². The number of aryl methyl sites for hydroxylation is 2. The standard InChI is InChI=1S/C35H41N7O4/c1-5-28(44)27-14-35-15-29(35)42(27)32(46)18-41-34-23(9-7-6-8-20(2)10-31(45)37-19-35)12-24(13-26(34)33(39-41)22(4)43)25-16-36-30-11-21(3)38-40(30)17-25/h11-13,16-17,20,27,29H,5-10,14-15,18-19H2,1-4H3,(H,37,45)/t20-,27+,29-,35+/m1/s1. The summed E-state index contributed by atoms with van der Waals surface area (Å²) in [5.41, 5.74) is 5.21. The topological polar surface area (TPSA) is 132 Å². The van der Waals surface area contributed by atoms with Gasteiger partial charge in [-0.25, -0.2) is 9.50 Å². The van der Waals surface area contributed by atoms with E-state index in [2.05, 4.69) is 28.4 Å². The molecule has 0 radical (unpaired) electrons. The quantitative estimate of drug-likeness (QED) is 0.332. The van der Waals surface area contributed by atoms with E-state index in [0.717, 1.165) is 59.2 Å². The fourth-order valence-corrected chi connectivity index (χ4v) is 7.82. The van der Waals surface area contributed by atoms with Crippen LogP contribution < -0.4 is 5.32 Å². The molecule has 2 aliphatic heterocycles. The van der Waals surface area contributed by atoms with E-state index in [0.29, 0.717) is 43.3 Å². The molecule has 2 bridgehead atoms. The molecule has 5 heterocycles. The van der Waals surface area contributed by atoms with Crippen LogP contribution in [-0.4, -0.2) is 71.3 Å². The lowest BCUT2D eigenvalue weighted by atomic mass is 9.94. The highest BCUT2D eigenvalue weighted by Gasteiger charge is 2.66. The largest absolute Gasteiger partial charge is 0.355 e. The smallest absolute Gasteiger partial charge is 0.245 e. The summed E-state index contributed by atoms with van der Waals surface area (Å²) >= 11 is 0. The third-order valence-corrected chi connectivity index (χ3v) is 10.3. The third-order valence-electron chi connectivity index (χ3n) is 10.3. The van der Waals surface area contributed by atoms with Crippen molar-refractivity contribution in [1.29, 1.82) is 0 Å². The van der Waals surface area contributed by atoms with E-state index in [1.54, 1.807) is 14.1 Å². The molecular weight excluding hydrogens is 582 g/mol. The van der Waals surface area contributed by atoms with Crippen LogP contribution in [0.15, 0.2) is 30.6 Å². The van der Waals surface area contributed by atoms with E-state index in [1.165, 1.54) is 6.92 Å². The molecule has 240 valence electrons. The average Bonchev–Trinajstić information content (AvgIpc) is 3.27. The van der Waals surface area contributed by atoms with Gasteiger partial charge in [0.25, 0.3) is 0 Å². The Bertz CT molecular complexity index is 1910. The predicted molar refractivity (Wildman–Crippen MR) is 172 cm³/mol. The number of carbonyl (C=O) groups is 4. The number of aromatic nitrogens is 5. The van der Waals surface area contributed by atoms with Crippen LogP contribution in [0.25, 0.3) is 27.7 Å². The lowest BCUT2D eigenvalue weighted by Gasteiger charge is -2.26. The second-order valence-electron chi connectivity index (χ2n) is 13.8. The van der Waals surface area contributed by atoms with Crippen molar-refractivity contribution in [1.82, 2.24) is 34.6 Å². The lowest BCUT2D eigenvalue weighted by molar-refractivity contribution is -0.139. The highest BCUT2D eigenvalue weighted by atomic mass is 16.2. The summed E-state index contributed by atoms with van der Waals surface area (Å²) in [4.78, 5) is 59.5. The first-order valence-corrected chi connectivity index (χ1v) is 16.5. The maximum atomic E-state index is 14.2. The van der Waals surface area contributed by atoms with E-state index >= 15 is 0 Å². The number of ketones is 2. The van der Waals surface area contributed by atoms with Crippen LogP contribution in [0, 0.1) is 18.3 Å². The molecule has 3 aromatic heterocycles. The molecule has 2 fully saturated rings. The monoisotopic (exact) mass is 623 g/mol. The van der Waals surface area contributed by atoms with Crippen molar-refractivity contribution in [3.63, 3.8) is 0 Å². The third kappa shape index (κ3) is 5.29. The van der Waals surface area contributed by atoms with Crippen molar-refractivity contribution in [2.75, 3.05) is 6.54 Å². The Morgan fingerprint density at radius 1 is 1.09 bits per heavy atom. The summed E-state index contributed by atoms with van der Waals surface area (Å²) in [6.07, 6.45) is 9.32. The summed E-state index contributed by atoms with van der Waals surface area (Å²) in [6, 6.07) is 5.39. The van der Waals surface area contributed by atoms with Crippen LogP contribution in [0.2, 0.25) is 0 Å². The number of benzene rings is 1. The zero-order valence-corrected chi connectivity index (χ0v) is 27.0. The highest BCUT2D eigenvalue weighted by molar-refractivity contribution is 6.07. The summed E-state index contributed by atoms with van der Waals surface area (Å²) in [5, 5.41) is 13.1. The van der Waals surface area contributed by atoms with E-state index in [9.17, 15) is 19.2 Å². The molecule has 3 aliphatic rings. The SMILES string of the molecule is CCC(=O)[C@@H]1C[C@]23CNC(=O)C[C@H](C)CCCCc4cc(-c5cnc6cc(C)nn6c5)cc5c(C(C)=O)nn(c45)CC(=O)N1[C@@H]2C3. The molecule has 7 rings (SSSR count). The maximum Gasteiger partial charge on any atom is 0.245 e. The van der Waals surface area contributed by atoms with E-state index in [4.69, 9.17) is 5.10 Å². The van der Waals surface area contributed by atoms with Gasteiger partial charge in [-0.2, -0.15) is 10.2 Å². The van der Waals surface area contributed by atoms with Crippen molar-refractivity contribution < 1.29 is 19.2 Å². The van der Waals surface area contributed by atoms with Gasteiger partial charge in [0, 0.05) is 67.2 Å². The Kier molecular flexibility index (Phi) is 7.52. The van der Waals surface area contributed by atoms with Gasteiger partial charge in [-0.1, -0.05) is 26.7 Å². The van der Waals surface area contributed by atoms with Crippen LogP contribution >= 0.6 is 0 Å². The van der Waals surface area contributed by atoms with Crippen LogP contribution in [-0.2, 0) is 27.3 Å². The van der Waals surface area contributed by atoms with Gasteiger partial charge in [0.1, 0.15) is 12.2 Å². The molecule has 1 saturated heterocycles. The number of carbonyl (C=O) groups excluding carboxylic acids is 4. The molecule has 4 aromatic rings. The predicted octanol–water partition coefficient (Wildman–Crippen LogP) is 4.46. The van der Waals surface area contributed by atoms with Crippen molar-refractivity contribution >= 4 is 39.9 Å². The molecule has 11 heteroatoms. The molecule has 46 heavy (non-hydrogen) atoms. The lowest BCUT2D eigenvalue weighted by Crippen LogP contribution is -2.44. The minimum Gasteiger partial charge on any atom is -0.355 e. The second kappa shape index (κ2) is 11.4. The molecule has 0 unspecified atom stereocenters. The van der Waals surface area contributed by atoms with Crippen LogP contribution in [0.1, 0.15) is 87.5 Å². The molecule has 2 amide bonds. The molecule has 0 spiro atoms. The van der Waals surface area contributed by atoms with Crippen LogP contribution in [0.5, 0.6) is 0 Å². The molecule has 1 aromatic carbocycles. The second-order valence-corrected chi connectivity index (χ2v) is 13.8. The number of amides is 2. The van der Waals surface area contributed by atoms with Gasteiger partial charge in [0.15, 0.2) is 17.2 Å². The molecule has 4 atom stereocenters. The van der Waals surface area contributed by atoms with Crippen LogP contribution in [0.4, 0.5) is 0 Å². The number of rotatable bonds is 4. The maximum absolute atomic E-state index is 14.2. The summed E-state index contributed by atoms with van der Waals surface area (Å²) in [6.45, 7) is 7.78. The first kappa shape index (κ1) is 30.3. The molecular formula is C35H41N7O4. The van der Waals surface area contributed by atoms with Gasteiger partial charge in [-0.3, -0.25) is 23.9 Å². The number of fused-ring (bicyclic) bond motifs is 1. The van der Waals surface area contributed by atoms with Gasteiger partial charge in [-0.15, -0.1) is 0 Å². The highest BCUT2D eigenvalue weighted by Crippen LogP contribution is 2.59. The van der Waals surface area contributed by atoms with Gasteiger partial charge in [0.2, 0.25) is 11.8 Å². The first-order valence-electron chi connectivity index (χ1n) is 16.5. The van der Waals surface area contributed by atoms with E-state index in [1.807, 2.05) is 38.4 Å². The normalized spacial score (nSPS) is 25.4. The van der Waals surface area contributed by atoms with Gasteiger partial charge in [-0.05, 0) is 61.8 Å². The Labute approximate surface area is 267 Å². The summed E-state index contributed by atoms with van der Waals surface area (Å²) in [7, 11) is 0. The minimum atomic E-state index is -0.514. The minimum absolute atomic E-state index is 0.0317. The van der Waals surface area contributed by atoms with Crippen molar-refractivity contribution in [3.8, 4) is 11.1 Å². The first-order chi connectivity index (χ1) is 22.1. The Morgan fingerprint density at radius 2 is 1.91 bits per heavy atom. The fraction of sp³-hybridized carbons (Fsp3) is 0.514. The molecule has 1 aliphatic carbocycles. The van der Waals surface area contributed by atoms with Gasteiger partial charge >= 0.3 is 0 Å². The van der Waals surface area contributed by atoms with Crippen molar-refractivity contribution in [2.45, 2.75) is 97.7 Å². The number of nitrogens with one attached hydrogen (secondary N) is 1. The number of Topliss-reactive ketones (excluding diaryl/α,β-unsaturated/α-hetero) is 2. The molecule has 1 saturated carbocycles. The number of nitrogens with zero attached hydrogens (tertiary/aromatic N) is 6. The zero-order chi connectivity index (χ0) is 32.3. The van der Waals surface area contributed by atoms with Gasteiger partial charge in [0.05, 0.1) is 17.3 Å². The summed E-state index contributed by atoms with van der Waals surface area (Å²) in [5.74, 6) is -0.0604. The van der Waals surface area contributed by atoms with Crippen molar-refractivity contribution in [3.05, 3.63) is 47.5 Å². The molecule has 11 nitrogen and oxygen atoms in total. The number of hydrogen-bond donors (Lipinski definition) is 1. The Morgan fingerprint density at radius 3 is 2.70 bits per heavy atom. The van der Waals surface area contributed by atoms with Crippen LogP contribution in [0.3, 0.4) is 0 Å². The van der Waals surface area contributed by atoms with E-state index < -0.39 is 6.04 Å². The van der Waals surface area contributed by atoms with Crippen molar-refractivity contribution in [2.24, 2.45) is 11.3 Å². The average molecular weight is 624 g/mol. The van der Waals surface area contributed by atoms with E-state index in [-0.39, 0.29) is 47.3 Å². The Hall–Kier alpha value is -4.41. The zero-order valence-electron chi connectivity index (χ0n) is 27.0. The Balaban J connectivity index is 1.33. The number of hydrogen-bond acceptors (Lipinski definition) is 7. The number of piperidine rings is 1. The fourth-order valence-electron chi connectivity index (χ4n) is 7.82. The summed E-state index contributed by atoms with van der Waals surface area (Å²) < 4.78 is 3.44. The molecule has 1 N–H and O–H groups in total.